The Kier molecular flexibility index (Phi) is 4.83. The number of amides is 1. The number of halogens is 3. The van der Waals surface area contributed by atoms with Gasteiger partial charge >= 0.3 is 12.2 Å². The van der Waals surface area contributed by atoms with Crippen molar-refractivity contribution in [2.24, 2.45) is 0 Å². The molecule has 8 heteroatoms. The number of nitrogens with zero attached hydrogens (tertiary/aromatic N) is 2. The molecule has 0 bridgehead atoms. The summed E-state index contributed by atoms with van der Waals surface area (Å²) in [4.78, 5) is 20.0. The molecule has 0 saturated heterocycles. The molecule has 26 heavy (non-hydrogen) atoms. The zero-order valence-corrected chi connectivity index (χ0v) is 13.2. The molecule has 1 amide bonds. The van der Waals surface area contributed by atoms with E-state index in [2.05, 4.69) is 15.3 Å². The molecule has 3 rings (SSSR count). The number of nitrogens with one attached hydrogen (secondary N) is 1. The van der Waals surface area contributed by atoms with Gasteiger partial charge in [-0.1, -0.05) is 18.2 Å². The Labute approximate surface area is 146 Å². The maximum atomic E-state index is 12.5. The van der Waals surface area contributed by atoms with E-state index in [0.717, 1.165) is 24.3 Å². The van der Waals surface area contributed by atoms with Gasteiger partial charge < -0.3 is 10.1 Å². The van der Waals surface area contributed by atoms with Gasteiger partial charge in [0.2, 0.25) is 0 Å². The van der Waals surface area contributed by atoms with E-state index < -0.39 is 17.6 Å². The van der Waals surface area contributed by atoms with Crippen molar-refractivity contribution in [2.75, 3.05) is 5.32 Å². The van der Waals surface area contributed by atoms with Crippen LogP contribution >= 0.6 is 0 Å². The van der Waals surface area contributed by atoms with Gasteiger partial charge in [-0.05, 0) is 36.4 Å². The molecular formula is C18H12F3N3O2. The Morgan fingerprint density at radius 1 is 0.923 bits per heavy atom. The van der Waals surface area contributed by atoms with E-state index in [1.54, 1.807) is 24.3 Å². The van der Waals surface area contributed by atoms with E-state index in [-0.39, 0.29) is 17.3 Å². The molecule has 0 fully saturated rings. The van der Waals surface area contributed by atoms with Crippen LogP contribution in [-0.2, 0) is 6.18 Å². The average molecular weight is 359 g/mol. The Hall–Kier alpha value is -3.42. The maximum Gasteiger partial charge on any atom is 0.416 e. The topological polar surface area (TPSA) is 64.1 Å². The molecule has 0 radical (unpaired) electrons. The Bertz CT molecular complexity index is 880. The molecule has 0 atom stereocenters. The van der Waals surface area contributed by atoms with Crippen LogP contribution in [0.25, 0.3) is 0 Å². The molecule has 0 spiro atoms. The van der Waals surface area contributed by atoms with E-state index >= 15 is 0 Å². The van der Waals surface area contributed by atoms with Crippen LogP contribution in [0.2, 0.25) is 0 Å². The highest BCUT2D eigenvalue weighted by atomic mass is 19.4. The van der Waals surface area contributed by atoms with Crippen LogP contribution in [0.15, 0.2) is 67.0 Å². The van der Waals surface area contributed by atoms with Crippen molar-refractivity contribution >= 4 is 11.6 Å². The van der Waals surface area contributed by atoms with E-state index in [1.165, 1.54) is 12.4 Å². The quantitative estimate of drug-likeness (QED) is 0.743. The first-order valence-electron chi connectivity index (χ1n) is 7.45. The SMILES string of the molecule is O=C(Nc1cnc(Oc2ccccc2)nc1)c1ccc(C(F)(F)F)cc1. The van der Waals surface area contributed by atoms with Crippen LogP contribution in [0.4, 0.5) is 18.9 Å². The molecule has 3 aromatic rings. The number of aromatic nitrogens is 2. The molecule has 0 saturated carbocycles. The van der Waals surface area contributed by atoms with Gasteiger partial charge in [0.15, 0.2) is 0 Å². The second-order valence-electron chi connectivity index (χ2n) is 5.20. The molecule has 1 N–H and O–H groups in total. The predicted molar refractivity (Wildman–Crippen MR) is 87.9 cm³/mol. The van der Waals surface area contributed by atoms with Crippen molar-refractivity contribution in [1.82, 2.24) is 9.97 Å². The fourth-order valence-corrected chi connectivity index (χ4v) is 2.04. The summed E-state index contributed by atoms with van der Waals surface area (Å²) in [6.45, 7) is 0. The van der Waals surface area contributed by atoms with Gasteiger partial charge in [0.05, 0.1) is 23.6 Å². The summed E-state index contributed by atoms with van der Waals surface area (Å²) < 4.78 is 43.0. The van der Waals surface area contributed by atoms with Crippen molar-refractivity contribution in [3.05, 3.63) is 78.1 Å². The van der Waals surface area contributed by atoms with Gasteiger partial charge in [0.1, 0.15) is 5.75 Å². The van der Waals surface area contributed by atoms with E-state index in [0.29, 0.717) is 5.75 Å². The molecule has 1 aromatic heterocycles. The molecule has 132 valence electrons. The summed E-state index contributed by atoms with van der Waals surface area (Å²) in [5.74, 6) is -0.00640. The van der Waals surface area contributed by atoms with Gasteiger partial charge in [0, 0.05) is 5.56 Å². The fraction of sp³-hybridized carbons (Fsp3) is 0.0556. The monoisotopic (exact) mass is 359 g/mol. The summed E-state index contributed by atoms with van der Waals surface area (Å²) in [7, 11) is 0. The first-order chi connectivity index (χ1) is 12.4. The first-order valence-corrected chi connectivity index (χ1v) is 7.45. The van der Waals surface area contributed by atoms with Gasteiger partial charge in [-0.3, -0.25) is 4.79 Å². The normalized spacial score (nSPS) is 11.0. The third-order valence-corrected chi connectivity index (χ3v) is 3.31. The van der Waals surface area contributed by atoms with Crippen molar-refractivity contribution < 1.29 is 22.7 Å². The lowest BCUT2D eigenvalue weighted by Gasteiger charge is -2.08. The summed E-state index contributed by atoms with van der Waals surface area (Å²) in [5, 5.41) is 2.51. The maximum absolute atomic E-state index is 12.5. The third kappa shape index (κ3) is 4.35. The van der Waals surface area contributed by atoms with Crippen LogP contribution in [0.5, 0.6) is 11.8 Å². The van der Waals surface area contributed by atoms with Crippen molar-refractivity contribution in [2.45, 2.75) is 6.18 Å². The van der Waals surface area contributed by atoms with Crippen LogP contribution in [0.3, 0.4) is 0 Å². The lowest BCUT2D eigenvalue weighted by Crippen LogP contribution is -2.13. The number of para-hydroxylation sites is 1. The zero-order valence-electron chi connectivity index (χ0n) is 13.2. The average Bonchev–Trinajstić information content (AvgIpc) is 2.63. The standard InChI is InChI=1S/C18H12F3N3O2/c19-18(20,21)13-8-6-12(7-9-13)16(25)24-14-10-22-17(23-11-14)26-15-4-2-1-3-5-15/h1-11H,(H,24,25). The van der Waals surface area contributed by atoms with Gasteiger partial charge in [-0.15, -0.1) is 0 Å². The molecule has 0 aliphatic rings. The highest BCUT2D eigenvalue weighted by molar-refractivity contribution is 6.04. The zero-order chi connectivity index (χ0) is 18.6. The van der Waals surface area contributed by atoms with Gasteiger partial charge in [-0.2, -0.15) is 13.2 Å². The van der Waals surface area contributed by atoms with Gasteiger partial charge in [0.25, 0.3) is 5.91 Å². The number of ether oxygens (including phenoxy) is 1. The third-order valence-electron chi connectivity index (χ3n) is 3.31. The van der Waals surface area contributed by atoms with E-state index in [9.17, 15) is 18.0 Å². The van der Waals surface area contributed by atoms with Crippen molar-refractivity contribution in [3.63, 3.8) is 0 Å². The minimum Gasteiger partial charge on any atom is -0.424 e. The second-order valence-corrected chi connectivity index (χ2v) is 5.20. The highest BCUT2D eigenvalue weighted by Gasteiger charge is 2.30. The summed E-state index contributed by atoms with van der Waals surface area (Å²) in [5.41, 5.74) is -0.447. The fourth-order valence-electron chi connectivity index (χ4n) is 2.04. The minimum absolute atomic E-state index is 0.0858. The molecule has 0 aliphatic heterocycles. The Balaban J connectivity index is 1.64. The highest BCUT2D eigenvalue weighted by Crippen LogP contribution is 2.29. The molecule has 1 heterocycles. The van der Waals surface area contributed by atoms with E-state index in [4.69, 9.17) is 4.74 Å². The summed E-state index contributed by atoms with van der Waals surface area (Å²) >= 11 is 0. The largest absolute Gasteiger partial charge is 0.424 e. The lowest BCUT2D eigenvalue weighted by atomic mass is 10.1. The number of hydrogen-bond acceptors (Lipinski definition) is 4. The smallest absolute Gasteiger partial charge is 0.416 e. The first kappa shape index (κ1) is 17.4. The number of anilines is 1. The van der Waals surface area contributed by atoms with Gasteiger partial charge in [-0.25, -0.2) is 9.97 Å². The second kappa shape index (κ2) is 7.22. The Morgan fingerprint density at radius 3 is 2.12 bits per heavy atom. The molecule has 0 unspecified atom stereocenters. The number of rotatable bonds is 4. The lowest BCUT2D eigenvalue weighted by molar-refractivity contribution is -0.137. The number of hydrogen-bond donors (Lipinski definition) is 1. The van der Waals surface area contributed by atoms with Crippen LogP contribution in [-0.4, -0.2) is 15.9 Å². The number of carbonyl (C=O) groups is 1. The minimum atomic E-state index is -4.45. The van der Waals surface area contributed by atoms with E-state index in [1.807, 2.05) is 6.07 Å². The number of benzene rings is 2. The van der Waals surface area contributed by atoms with Crippen LogP contribution < -0.4 is 10.1 Å². The Morgan fingerprint density at radius 2 is 1.54 bits per heavy atom. The molecular weight excluding hydrogens is 347 g/mol. The summed E-state index contributed by atoms with van der Waals surface area (Å²) in [6, 6.07) is 12.9. The van der Waals surface area contributed by atoms with Crippen molar-refractivity contribution in [3.8, 4) is 11.8 Å². The van der Waals surface area contributed by atoms with Crippen LogP contribution in [0, 0.1) is 0 Å². The van der Waals surface area contributed by atoms with Crippen molar-refractivity contribution in [1.29, 1.82) is 0 Å². The summed E-state index contributed by atoms with van der Waals surface area (Å²) in [6.07, 6.45) is -1.77. The number of alkyl halides is 3. The molecule has 0 aliphatic carbocycles. The number of carbonyl (C=O) groups excluding carboxylic acids is 1. The molecule has 5 nitrogen and oxygen atoms in total. The predicted octanol–water partition coefficient (Wildman–Crippen LogP) is 4.54. The van der Waals surface area contributed by atoms with Crippen LogP contribution in [0.1, 0.15) is 15.9 Å². The molecule has 2 aromatic carbocycles.